The molecule has 20 heavy (non-hydrogen) atoms. The van der Waals surface area contributed by atoms with E-state index in [2.05, 4.69) is 14.1 Å². The number of carbonyl (C=O) groups is 1. The van der Waals surface area contributed by atoms with Crippen molar-refractivity contribution in [3.05, 3.63) is 17.2 Å². The summed E-state index contributed by atoms with van der Waals surface area (Å²) in [5.74, 6) is -0.339. The molecule has 0 bridgehead atoms. The summed E-state index contributed by atoms with van der Waals surface area (Å²) in [6, 6.07) is 3.00. The fourth-order valence-electron chi connectivity index (χ4n) is 1.63. The maximum Gasteiger partial charge on any atom is 0.328 e. The van der Waals surface area contributed by atoms with Gasteiger partial charge in [-0.3, -0.25) is 0 Å². The first-order valence-corrected chi connectivity index (χ1v) is 7.29. The SMILES string of the molecule is CC(Nc1c(Cl)ccc2nsnc12)C(=O)OC(C)(C)C. The lowest BCUT2D eigenvalue weighted by molar-refractivity contribution is -0.155. The van der Waals surface area contributed by atoms with E-state index < -0.39 is 11.6 Å². The molecule has 2 aromatic rings. The molecule has 2 rings (SSSR count). The van der Waals surface area contributed by atoms with Crippen LogP contribution in [0.2, 0.25) is 5.02 Å². The summed E-state index contributed by atoms with van der Waals surface area (Å²) in [7, 11) is 0. The molecular formula is C13H16ClN3O2S. The number of hydrogen-bond donors (Lipinski definition) is 1. The average molecular weight is 314 g/mol. The van der Waals surface area contributed by atoms with Crippen molar-refractivity contribution in [2.24, 2.45) is 0 Å². The highest BCUT2D eigenvalue weighted by Crippen LogP contribution is 2.30. The number of benzene rings is 1. The van der Waals surface area contributed by atoms with Gasteiger partial charge in [0.25, 0.3) is 0 Å². The van der Waals surface area contributed by atoms with Gasteiger partial charge in [0.15, 0.2) is 0 Å². The highest BCUT2D eigenvalue weighted by Gasteiger charge is 2.23. The van der Waals surface area contributed by atoms with Gasteiger partial charge in [-0.05, 0) is 39.8 Å². The van der Waals surface area contributed by atoms with E-state index in [1.54, 1.807) is 19.1 Å². The first-order valence-electron chi connectivity index (χ1n) is 6.18. The number of aromatic nitrogens is 2. The van der Waals surface area contributed by atoms with Gasteiger partial charge in [-0.2, -0.15) is 8.75 Å². The molecule has 0 fully saturated rings. The number of carbonyl (C=O) groups excluding carboxylic acids is 1. The molecule has 1 N–H and O–H groups in total. The molecule has 0 aliphatic carbocycles. The number of anilines is 1. The van der Waals surface area contributed by atoms with Crippen molar-refractivity contribution in [2.75, 3.05) is 5.32 Å². The van der Waals surface area contributed by atoms with Crippen LogP contribution in [-0.2, 0) is 9.53 Å². The third-order valence-corrected chi connectivity index (χ3v) is 3.36. The number of hydrogen-bond acceptors (Lipinski definition) is 6. The Balaban J connectivity index is 2.21. The normalized spacial score (nSPS) is 13.2. The summed E-state index contributed by atoms with van der Waals surface area (Å²) in [5, 5.41) is 3.56. The maximum atomic E-state index is 12.0. The van der Waals surface area contributed by atoms with Crippen LogP contribution in [0.5, 0.6) is 0 Å². The summed E-state index contributed by atoms with van der Waals surface area (Å²) in [6.45, 7) is 7.21. The Kier molecular flexibility index (Phi) is 4.15. The zero-order chi connectivity index (χ0) is 14.9. The van der Waals surface area contributed by atoms with E-state index in [9.17, 15) is 4.79 Å². The van der Waals surface area contributed by atoms with Crippen LogP contribution in [0.4, 0.5) is 5.69 Å². The monoisotopic (exact) mass is 313 g/mol. The molecule has 108 valence electrons. The Morgan fingerprint density at radius 2 is 2.10 bits per heavy atom. The van der Waals surface area contributed by atoms with Crippen LogP contribution in [0, 0.1) is 0 Å². The number of ether oxygens (including phenoxy) is 1. The molecule has 0 saturated heterocycles. The summed E-state index contributed by atoms with van der Waals surface area (Å²) >= 11 is 7.27. The van der Waals surface area contributed by atoms with E-state index in [4.69, 9.17) is 16.3 Å². The van der Waals surface area contributed by atoms with Crippen molar-refractivity contribution in [3.63, 3.8) is 0 Å². The Labute approximate surface area is 126 Å². The standard InChI is InChI=1S/C13H16ClN3O2S/c1-7(12(18)19-13(2,3)4)15-10-8(14)5-6-9-11(10)17-20-16-9/h5-7,15H,1-4H3. The number of nitrogens with zero attached hydrogens (tertiary/aromatic N) is 2. The maximum absolute atomic E-state index is 12.0. The van der Waals surface area contributed by atoms with E-state index in [0.29, 0.717) is 16.2 Å². The van der Waals surface area contributed by atoms with E-state index in [1.165, 1.54) is 0 Å². The second-order valence-corrected chi connectivity index (χ2v) is 6.39. The molecule has 1 atom stereocenters. The van der Waals surface area contributed by atoms with Crippen molar-refractivity contribution >= 4 is 46.0 Å². The number of fused-ring (bicyclic) bond motifs is 1. The quantitative estimate of drug-likeness (QED) is 0.879. The van der Waals surface area contributed by atoms with Crippen LogP contribution in [0.25, 0.3) is 11.0 Å². The van der Waals surface area contributed by atoms with Crippen molar-refractivity contribution in [3.8, 4) is 0 Å². The highest BCUT2D eigenvalue weighted by atomic mass is 35.5. The highest BCUT2D eigenvalue weighted by molar-refractivity contribution is 7.00. The Morgan fingerprint density at radius 1 is 1.40 bits per heavy atom. The van der Waals surface area contributed by atoms with Gasteiger partial charge >= 0.3 is 5.97 Å². The summed E-state index contributed by atoms with van der Waals surface area (Å²) < 4.78 is 13.7. The second kappa shape index (κ2) is 5.54. The molecule has 0 aliphatic heterocycles. The van der Waals surface area contributed by atoms with Crippen LogP contribution >= 0.6 is 23.3 Å². The zero-order valence-corrected chi connectivity index (χ0v) is 13.3. The topological polar surface area (TPSA) is 64.1 Å². The van der Waals surface area contributed by atoms with Gasteiger partial charge in [0, 0.05) is 0 Å². The van der Waals surface area contributed by atoms with Crippen molar-refractivity contribution in [1.82, 2.24) is 8.75 Å². The van der Waals surface area contributed by atoms with E-state index >= 15 is 0 Å². The Hall–Kier alpha value is -1.40. The molecule has 0 radical (unpaired) electrons. The minimum absolute atomic E-state index is 0.339. The largest absolute Gasteiger partial charge is 0.458 e. The molecule has 1 heterocycles. The smallest absolute Gasteiger partial charge is 0.328 e. The van der Waals surface area contributed by atoms with E-state index in [-0.39, 0.29) is 5.97 Å². The predicted octanol–water partition coefficient (Wildman–Crippen LogP) is 3.49. The molecule has 5 nitrogen and oxygen atoms in total. The molecule has 1 aromatic heterocycles. The molecule has 0 amide bonds. The zero-order valence-electron chi connectivity index (χ0n) is 11.7. The van der Waals surface area contributed by atoms with Gasteiger partial charge in [-0.1, -0.05) is 11.6 Å². The van der Waals surface area contributed by atoms with Gasteiger partial charge < -0.3 is 10.1 Å². The molecule has 0 saturated carbocycles. The minimum Gasteiger partial charge on any atom is -0.458 e. The fraction of sp³-hybridized carbons (Fsp3) is 0.462. The number of esters is 1. The lowest BCUT2D eigenvalue weighted by Gasteiger charge is -2.23. The lowest BCUT2D eigenvalue weighted by atomic mass is 10.2. The summed E-state index contributed by atoms with van der Waals surface area (Å²) in [4.78, 5) is 12.0. The van der Waals surface area contributed by atoms with Gasteiger partial charge in [0.2, 0.25) is 0 Å². The first kappa shape index (κ1) is 15.0. The number of halogens is 1. The first-order chi connectivity index (χ1) is 9.28. The molecule has 1 unspecified atom stereocenters. The molecular weight excluding hydrogens is 298 g/mol. The molecule has 7 heteroatoms. The fourth-order valence-corrected chi connectivity index (χ4v) is 2.38. The van der Waals surface area contributed by atoms with Crippen molar-refractivity contribution in [1.29, 1.82) is 0 Å². The van der Waals surface area contributed by atoms with Gasteiger partial charge in [-0.25, -0.2) is 4.79 Å². The van der Waals surface area contributed by atoms with Gasteiger partial charge in [-0.15, -0.1) is 0 Å². The van der Waals surface area contributed by atoms with Crippen molar-refractivity contribution < 1.29 is 9.53 Å². The number of rotatable bonds is 3. The van der Waals surface area contributed by atoms with Crippen LogP contribution in [-0.4, -0.2) is 26.4 Å². The van der Waals surface area contributed by atoms with Crippen LogP contribution < -0.4 is 5.32 Å². The third-order valence-electron chi connectivity index (χ3n) is 2.50. The third kappa shape index (κ3) is 3.37. The van der Waals surface area contributed by atoms with Crippen LogP contribution in [0.1, 0.15) is 27.7 Å². The van der Waals surface area contributed by atoms with E-state index in [0.717, 1.165) is 17.2 Å². The predicted molar refractivity (Wildman–Crippen MR) is 81.4 cm³/mol. The Bertz CT molecular complexity index is 636. The lowest BCUT2D eigenvalue weighted by Crippen LogP contribution is -2.34. The average Bonchev–Trinajstić information content (AvgIpc) is 2.78. The number of nitrogens with one attached hydrogen (secondary N) is 1. The van der Waals surface area contributed by atoms with Crippen molar-refractivity contribution in [2.45, 2.75) is 39.3 Å². The summed E-state index contributed by atoms with van der Waals surface area (Å²) in [5.41, 5.74) is 1.50. The summed E-state index contributed by atoms with van der Waals surface area (Å²) in [6.07, 6.45) is 0. The second-order valence-electron chi connectivity index (χ2n) is 5.45. The Morgan fingerprint density at radius 3 is 2.75 bits per heavy atom. The van der Waals surface area contributed by atoms with Gasteiger partial charge in [0.05, 0.1) is 22.4 Å². The minimum atomic E-state index is -0.529. The molecule has 1 aromatic carbocycles. The van der Waals surface area contributed by atoms with Gasteiger partial charge in [0.1, 0.15) is 22.7 Å². The van der Waals surface area contributed by atoms with E-state index in [1.807, 2.05) is 20.8 Å². The molecule has 0 spiro atoms. The molecule has 0 aliphatic rings. The van der Waals surface area contributed by atoms with Crippen LogP contribution in [0.15, 0.2) is 12.1 Å². The van der Waals surface area contributed by atoms with Crippen LogP contribution in [0.3, 0.4) is 0 Å².